The van der Waals surface area contributed by atoms with Gasteiger partial charge in [-0.05, 0) is 55.5 Å². The number of nitrogens with one attached hydrogen (secondary N) is 1. The van der Waals surface area contributed by atoms with Gasteiger partial charge in [-0.3, -0.25) is 9.59 Å². The molecule has 0 aliphatic carbocycles. The van der Waals surface area contributed by atoms with E-state index in [4.69, 9.17) is 4.74 Å². The predicted molar refractivity (Wildman–Crippen MR) is 149 cm³/mol. The van der Waals surface area contributed by atoms with Gasteiger partial charge in [-0.2, -0.15) is 0 Å². The van der Waals surface area contributed by atoms with Crippen LogP contribution in [0.2, 0.25) is 0 Å². The van der Waals surface area contributed by atoms with E-state index in [0.29, 0.717) is 11.3 Å². The molecule has 0 spiro atoms. The molecule has 1 atom stereocenters. The van der Waals surface area contributed by atoms with Gasteiger partial charge >= 0.3 is 0 Å². The number of hydrogen-bond donors (Lipinski definition) is 1. The van der Waals surface area contributed by atoms with Gasteiger partial charge in [0.2, 0.25) is 5.91 Å². The van der Waals surface area contributed by atoms with Crippen LogP contribution in [-0.4, -0.2) is 34.9 Å². The van der Waals surface area contributed by atoms with Crippen LogP contribution in [0.4, 0.5) is 4.39 Å². The zero-order chi connectivity index (χ0) is 27.9. The summed E-state index contributed by atoms with van der Waals surface area (Å²) in [7, 11) is 0. The van der Waals surface area contributed by atoms with E-state index in [1.165, 1.54) is 11.0 Å². The Hall–Kier alpha value is -3.67. The van der Waals surface area contributed by atoms with Crippen LogP contribution < -0.4 is 10.1 Å². The van der Waals surface area contributed by atoms with Crippen molar-refractivity contribution >= 4 is 11.8 Å². The van der Waals surface area contributed by atoms with Gasteiger partial charge in [0, 0.05) is 24.1 Å². The van der Waals surface area contributed by atoms with Crippen molar-refractivity contribution in [3.8, 4) is 5.75 Å². The van der Waals surface area contributed by atoms with Crippen LogP contribution in [0, 0.1) is 5.82 Å². The minimum Gasteiger partial charge on any atom is -0.484 e. The summed E-state index contributed by atoms with van der Waals surface area (Å²) in [5.41, 5.74) is 1.86. The summed E-state index contributed by atoms with van der Waals surface area (Å²) >= 11 is 0. The highest BCUT2D eigenvalue weighted by atomic mass is 19.1. The minimum atomic E-state index is -0.865. The van der Waals surface area contributed by atoms with Gasteiger partial charge in [0.05, 0.1) is 0 Å². The molecule has 0 heterocycles. The second-order valence-electron chi connectivity index (χ2n) is 11.6. The van der Waals surface area contributed by atoms with E-state index >= 15 is 0 Å². The van der Waals surface area contributed by atoms with E-state index in [1.807, 2.05) is 75.4 Å². The molecule has 1 N–H and O–H groups in total. The first-order chi connectivity index (χ1) is 17.8. The van der Waals surface area contributed by atoms with Gasteiger partial charge in [0.1, 0.15) is 17.6 Å². The fourth-order valence-corrected chi connectivity index (χ4v) is 4.10. The summed E-state index contributed by atoms with van der Waals surface area (Å²) in [6.07, 6.45) is 0.281. The SMILES string of the molecule is CC(C)(C)NC(=O)[C@@H](Cc1ccccc1)N(Cc1ccccc1F)C(=O)COc1ccc(C(C)(C)C)cc1. The number of halogens is 1. The van der Waals surface area contributed by atoms with E-state index in [1.54, 1.807) is 18.2 Å². The van der Waals surface area contributed by atoms with Crippen molar-refractivity contribution in [1.29, 1.82) is 0 Å². The highest BCUT2D eigenvalue weighted by Gasteiger charge is 2.33. The summed E-state index contributed by atoms with van der Waals surface area (Å²) in [6.45, 7) is 11.7. The molecule has 0 saturated carbocycles. The lowest BCUT2D eigenvalue weighted by Gasteiger charge is -2.33. The summed E-state index contributed by atoms with van der Waals surface area (Å²) in [5.74, 6) is -0.590. The van der Waals surface area contributed by atoms with Gasteiger partial charge < -0.3 is 15.0 Å². The number of carbonyl (C=O) groups excluding carboxylic acids is 2. The van der Waals surface area contributed by atoms with E-state index < -0.39 is 23.3 Å². The Morgan fingerprint density at radius 3 is 2.05 bits per heavy atom. The topological polar surface area (TPSA) is 58.6 Å². The van der Waals surface area contributed by atoms with E-state index in [-0.39, 0.29) is 30.9 Å². The van der Waals surface area contributed by atoms with Gasteiger partial charge in [0.15, 0.2) is 6.61 Å². The third-order valence-electron chi connectivity index (χ3n) is 6.15. The summed E-state index contributed by atoms with van der Waals surface area (Å²) < 4.78 is 20.5. The van der Waals surface area contributed by atoms with Gasteiger partial charge in [-0.15, -0.1) is 0 Å². The third-order valence-corrected chi connectivity index (χ3v) is 6.15. The largest absolute Gasteiger partial charge is 0.484 e. The fourth-order valence-electron chi connectivity index (χ4n) is 4.10. The van der Waals surface area contributed by atoms with Crippen molar-refractivity contribution in [2.45, 2.75) is 71.5 Å². The maximum atomic E-state index is 14.7. The first-order valence-electron chi connectivity index (χ1n) is 13.0. The molecule has 0 bridgehead atoms. The van der Waals surface area contributed by atoms with Crippen LogP contribution in [0.25, 0.3) is 0 Å². The maximum absolute atomic E-state index is 14.7. The zero-order valence-electron chi connectivity index (χ0n) is 23.3. The van der Waals surface area contributed by atoms with Crippen LogP contribution in [0.3, 0.4) is 0 Å². The van der Waals surface area contributed by atoms with Crippen molar-refractivity contribution in [3.05, 3.63) is 101 Å². The zero-order valence-corrected chi connectivity index (χ0v) is 23.3. The lowest BCUT2D eigenvalue weighted by Crippen LogP contribution is -2.55. The molecule has 0 saturated heterocycles. The van der Waals surface area contributed by atoms with E-state index in [2.05, 4.69) is 26.1 Å². The quantitative estimate of drug-likeness (QED) is 0.375. The molecular formula is C32H39FN2O3. The Labute approximate surface area is 226 Å². The summed E-state index contributed by atoms with van der Waals surface area (Å²) in [4.78, 5) is 28.6. The number of carbonyl (C=O) groups is 2. The maximum Gasteiger partial charge on any atom is 0.261 e. The van der Waals surface area contributed by atoms with Crippen molar-refractivity contribution in [2.75, 3.05) is 6.61 Å². The number of amides is 2. The Morgan fingerprint density at radius 2 is 1.47 bits per heavy atom. The molecule has 202 valence electrons. The normalized spacial score (nSPS) is 12.5. The molecule has 6 heteroatoms. The molecule has 0 aromatic heterocycles. The Balaban J connectivity index is 1.91. The van der Waals surface area contributed by atoms with E-state index in [9.17, 15) is 14.0 Å². The van der Waals surface area contributed by atoms with Gasteiger partial charge in [-0.25, -0.2) is 4.39 Å². The molecule has 0 aliphatic rings. The third kappa shape index (κ3) is 8.44. The van der Waals surface area contributed by atoms with Crippen molar-refractivity contribution in [2.24, 2.45) is 0 Å². The van der Waals surface area contributed by atoms with Crippen LogP contribution >= 0.6 is 0 Å². The fraction of sp³-hybridized carbons (Fsp3) is 0.375. The molecule has 3 aromatic rings. The number of nitrogens with zero attached hydrogens (tertiary/aromatic N) is 1. The molecular weight excluding hydrogens is 479 g/mol. The average molecular weight is 519 g/mol. The Morgan fingerprint density at radius 1 is 0.868 bits per heavy atom. The van der Waals surface area contributed by atoms with Crippen LogP contribution in [0.5, 0.6) is 5.75 Å². The molecule has 3 aromatic carbocycles. The number of benzene rings is 3. The molecule has 3 rings (SSSR count). The molecule has 0 unspecified atom stereocenters. The van der Waals surface area contributed by atoms with Crippen LogP contribution in [0.15, 0.2) is 78.9 Å². The van der Waals surface area contributed by atoms with Crippen molar-refractivity contribution in [1.82, 2.24) is 10.2 Å². The smallest absolute Gasteiger partial charge is 0.261 e. The van der Waals surface area contributed by atoms with E-state index in [0.717, 1.165) is 11.1 Å². The molecule has 0 fully saturated rings. The monoisotopic (exact) mass is 518 g/mol. The molecule has 0 aliphatic heterocycles. The first kappa shape index (κ1) is 28.9. The number of ether oxygens (including phenoxy) is 1. The number of hydrogen-bond acceptors (Lipinski definition) is 3. The first-order valence-corrected chi connectivity index (χ1v) is 13.0. The van der Waals surface area contributed by atoms with Crippen molar-refractivity contribution < 1.29 is 18.7 Å². The van der Waals surface area contributed by atoms with Gasteiger partial charge in [-0.1, -0.05) is 81.4 Å². The van der Waals surface area contributed by atoms with Crippen molar-refractivity contribution in [3.63, 3.8) is 0 Å². The second kappa shape index (κ2) is 12.2. The van der Waals surface area contributed by atoms with Gasteiger partial charge in [0.25, 0.3) is 5.91 Å². The predicted octanol–water partition coefficient (Wildman–Crippen LogP) is 6.06. The Bertz CT molecular complexity index is 1210. The second-order valence-corrected chi connectivity index (χ2v) is 11.6. The number of rotatable bonds is 9. The van der Waals surface area contributed by atoms with Crippen LogP contribution in [-0.2, 0) is 28.0 Å². The molecule has 2 amide bonds. The highest BCUT2D eigenvalue weighted by molar-refractivity contribution is 5.89. The molecule has 5 nitrogen and oxygen atoms in total. The summed E-state index contributed by atoms with van der Waals surface area (Å²) in [5, 5.41) is 3.00. The average Bonchev–Trinajstić information content (AvgIpc) is 2.85. The molecule has 38 heavy (non-hydrogen) atoms. The van der Waals surface area contributed by atoms with Crippen LogP contribution in [0.1, 0.15) is 58.2 Å². The standard InChI is InChI=1S/C32H39FN2O3/c1-31(2,3)25-16-18-26(19-17-25)38-22-29(36)35(21-24-14-10-11-15-27(24)33)28(30(37)34-32(4,5)6)20-23-12-8-7-9-13-23/h7-19,28H,20-22H2,1-6H3,(H,34,37)/t28-/m1/s1. The lowest BCUT2D eigenvalue weighted by molar-refractivity contribution is -0.143. The minimum absolute atomic E-state index is 0.00399. The summed E-state index contributed by atoms with van der Waals surface area (Å²) in [6, 6.07) is 22.6. The highest BCUT2D eigenvalue weighted by Crippen LogP contribution is 2.24. The lowest BCUT2D eigenvalue weighted by atomic mass is 9.87. The Kier molecular flexibility index (Phi) is 9.31. The molecule has 0 radical (unpaired) electrons.